The molecule has 0 spiro atoms. The van der Waals surface area contributed by atoms with Crippen LogP contribution >= 0.6 is 11.6 Å². The Bertz CT molecular complexity index is 587. The highest BCUT2D eigenvalue weighted by molar-refractivity contribution is 6.30. The minimum absolute atomic E-state index is 0.0991. The SMILES string of the molecule is CCc1ccc(CC(Cc2cccc(Cl)c2F)NN)nc1. The molecule has 1 aromatic heterocycles. The Morgan fingerprint density at radius 2 is 2.10 bits per heavy atom. The van der Waals surface area contributed by atoms with Crippen LogP contribution in [0, 0.1) is 5.82 Å². The molecule has 0 amide bonds. The molecule has 3 nitrogen and oxygen atoms in total. The van der Waals surface area contributed by atoms with E-state index >= 15 is 0 Å². The third-order valence-electron chi connectivity index (χ3n) is 3.48. The third kappa shape index (κ3) is 4.24. The number of halogens is 2. The lowest BCUT2D eigenvalue weighted by atomic mass is 10.0. The second-order valence-corrected chi connectivity index (χ2v) is 5.40. The molecule has 0 bridgehead atoms. The van der Waals surface area contributed by atoms with E-state index in [9.17, 15) is 4.39 Å². The van der Waals surface area contributed by atoms with Crippen LogP contribution in [0.5, 0.6) is 0 Å². The first kappa shape index (κ1) is 15.9. The molecule has 1 unspecified atom stereocenters. The maximum Gasteiger partial charge on any atom is 0.145 e. The first-order chi connectivity index (χ1) is 10.1. The average Bonchev–Trinajstić information content (AvgIpc) is 2.51. The van der Waals surface area contributed by atoms with Crippen LogP contribution in [0.4, 0.5) is 4.39 Å². The maximum atomic E-state index is 13.9. The Morgan fingerprint density at radius 1 is 1.29 bits per heavy atom. The zero-order valence-electron chi connectivity index (χ0n) is 11.9. The minimum atomic E-state index is -0.381. The number of aryl methyl sites for hydroxylation is 1. The van der Waals surface area contributed by atoms with Gasteiger partial charge in [0.05, 0.1) is 5.02 Å². The van der Waals surface area contributed by atoms with Gasteiger partial charge in [-0.15, -0.1) is 0 Å². The van der Waals surface area contributed by atoms with E-state index in [1.807, 2.05) is 12.3 Å². The molecule has 5 heteroatoms. The Balaban J connectivity index is 2.07. The largest absolute Gasteiger partial charge is 0.271 e. The molecule has 2 aromatic rings. The second-order valence-electron chi connectivity index (χ2n) is 5.00. The Labute approximate surface area is 129 Å². The normalized spacial score (nSPS) is 12.4. The zero-order chi connectivity index (χ0) is 15.2. The number of hydrogen-bond acceptors (Lipinski definition) is 3. The van der Waals surface area contributed by atoms with Crippen molar-refractivity contribution in [2.45, 2.75) is 32.2 Å². The van der Waals surface area contributed by atoms with Gasteiger partial charge in [-0.05, 0) is 36.1 Å². The molecule has 21 heavy (non-hydrogen) atoms. The van der Waals surface area contributed by atoms with Crippen LogP contribution in [0.15, 0.2) is 36.5 Å². The first-order valence-corrected chi connectivity index (χ1v) is 7.34. The summed E-state index contributed by atoms with van der Waals surface area (Å²) in [5, 5.41) is 0.133. The van der Waals surface area contributed by atoms with Crippen molar-refractivity contribution in [3.05, 3.63) is 64.2 Å². The molecule has 0 radical (unpaired) electrons. The molecule has 0 aliphatic heterocycles. The summed E-state index contributed by atoms with van der Waals surface area (Å²) in [6.45, 7) is 2.09. The number of rotatable bonds is 6. The highest BCUT2D eigenvalue weighted by atomic mass is 35.5. The molecule has 1 atom stereocenters. The van der Waals surface area contributed by atoms with Gasteiger partial charge in [0.25, 0.3) is 0 Å². The van der Waals surface area contributed by atoms with Crippen molar-refractivity contribution < 1.29 is 4.39 Å². The Kier molecular flexibility index (Phi) is 5.67. The monoisotopic (exact) mass is 307 g/mol. The van der Waals surface area contributed by atoms with Gasteiger partial charge in [-0.25, -0.2) is 4.39 Å². The predicted octanol–water partition coefficient (Wildman–Crippen LogP) is 3.05. The van der Waals surface area contributed by atoms with Crippen molar-refractivity contribution in [3.8, 4) is 0 Å². The summed E-state index contributed by atoms with van der Waals surface area (Å²) in [5.74, 6) is 5.20. The molecule has 0 aliphatic rings. The van der Waals surface area contributed by atoms with E-state index in [0.717, 1.165) is 12.1 Å². The molecule has 1 aromatic carbocycles. The molecule has 3 N–H and O–H groups in total. The molecular formula is C16H19ClFN3. The number of nitrogens with two attached hydrogens (primary N) is 1. The van der Waals surface area contributed by atoms with E-state index in [1.54, 1.807) is 12.1 Å². The number of hydrogen-bond donors (Lipinski definition) is 2. The summed E-state index contributed by atoms with van der Waals surface area (Å²) in [6.07, 6.45) is 3.91. The summed E-state index contributed by atoms with van der Waals surface area (Å²) in [7, 11) is 0. The van der Waals surface area contributed by atoms with E-state index in [0.29, 0.717) is 18.4 Å². The summed E-state index contributed by atoms with van der Waals surface area (Å²) in [5.41, 5.74) is 5.40. The van der Waals surface area contributed by atoms with Crippen LogP contribution in [0.3, 0.4) is 0 Å². The average molecular weight is 308 g/mol. The van der Waals surface area contributed by atoms with Gasteiger partial charge in [-0.1, -0.05) is 36.7 Å². The number of nitrogens with zero attached hydrogens (tertiary/aromatic N) is 1. The quantitative estimate of drug-likeness (QED) is 0.637. The van der Waals surface area contributed by atoms with Gasteiger partial charge in [0.15, 0.2) is 0 Å². The molecule has 112 valence electrons. The van der Waals surface area contributed by atoms with Crippen molar-refractivity contribution in [1.29, 1.82) is 0 Å². The van der Waals surface area contributed by atoms with Gasteiger partial charge in [-0.2, -0.15) is 0 Å². The summed E-state index contributed by atoms with van der Waals surface area (Å²) in [6, 6.07) is 8.93. The second kappa shape index (κ2) is 7.50. The third-order valence-corrected chi connectivity index (χ3v) is 3.78. The van der Waals surface area contributed by atoms with Crippen LogP contribution in [0.1, 0.15) is 23.7 Å². The summed E-state index contributed by atoms with van der Waals surface area (Å²) >= 11 is 5.80. The zero-order valence-corrected chi connectivity index (χ0v) is 12.7. The van der Waals surface area contributed by atoms with Crippen LogP contribution in [0.25, 0.3) is 0 Å². The van der Waals surface area contributed by atoms with Gasteiger partial charge in [0.2, 0.25) is 0 Å². The van der Waals surface area contributed by atoms with Crippen LogP contribution < -0.4 is 11.3 Å². The lowest BCUT2D eigenvalue weighted by Crippen LogP contribution is -2.38. The van der Waals surface area contributed by atoms with Crippen LogP contribution in [-0.4, -0.2) is 11.0 Å². The molecular weight excluding hydrogens is 289 g/mol. The van der Waals surface area contributed by atoms with Gasteiger partial charge >= 0.3 is 0 Å². The van der Waals surface area contributed by atoms with Gasteiger partial charge in [-0.3, -0.25) is 16.3 Å². The number of nitrogens with one attached hydrogen (secondary N) is 1. The van der Waals surface area contributed by atoms with Gasteiger partial charge in [0.1, 0.15) is 5.82 Å². The van der Waals surface area contributed by atoms with Crippen LogP contribution in [-0.2, 0) is 19.3 Å². The number of aromatic nitrogens is 1. The van der Waals surface area contributed by atoms with E-state index in [-0.39, 0.29) is 16.9 Å². The summed E-state index contributed by atoms with van der Waals surface area (Å²) < 4.78 is 13.9. The van der Waals surface area contributed by atoms with Crippen molar-refractivity contribution in [2.75, 3.05) is 0 Å². The number of hydrazine groups is 1. The fourth-order valence-electron chi connectivity index (χ4n) is 2.20. The molecule has 2 rings (SSSR count). The molecule has 1 heterocycles. The van der Waals surface area contributed by atoms with Crippen molar-refractivity contribution >= 4 is 11.6 Å². The van der Waals surface area contributed by atoms with Crippen LogP contribution in [0.2, 0.25) is 5.02 Å². The van der Waals surface area contributed by atoms with Crippen molar-refractivity contribution in [3.63, 3.8) is 0 Å². The topological polar surface area (TPSA) is 50.9 Å². The standard InChI is InChI=1S/C16H19ClFN3/c1-2-11-6-7-13(20-10-11)9-14(21-19)8-12-4-3-5-15(17)16(12)18/h3-7,10,14,21H,2,8-9,19H2,1H3. The van der Waals surface area contributed by atoms with E-state index in [1.165, 1.54) is 11.6 Å². The molecule has 0 saturated carbocycles. The van der Waals surface area contributed by atoms with Gasteiger partial charge < -0.3 is 0 Å². The minimum Gasteiger partial charge on any atom is -0.271 e. The molecule has 0 saturated heterocycles. The van der Waals surface area contributed by atoms with Gasteiger partial charge in [0, 0.05) is 24.4 Å². The van der Waals surface area contributed by atoms with E-state index in [2.05, 4.69) is 23.4 Å². The lowest BCUT2D eigenvalue weighted by molar-refractivity contribution is 0.502. The predicted molar refractivity (Wildman–Crippen MR) is 83.5 cm³/mol. The summed E-state index contributed by atoms with van der Waals surface area (Å²) in [4.78, 5) is 4.40. The lowest BCUT2D eigenvalue weighted by Gasteiger charge is -2.16. The number of benzene rings is 1. The fourth-order valence-corrected chi connectivity index (χ4v) is 2.39. The van der Waals surface area contributed by atoms with Crippen molar-refractivity contribution in [1.82, 2.24) is 10.4 Å². The van der Waals surface area contributed by atoms with Crippen molar-refractivity contribution in [2.24, 2.45) is 5.84 Å². The first-order valence-electron chi connectivity index (χ1n) is 6.96. The highest BCUT2D eigenvalue weighted by Crippen LogP contribution is 2.19. The smallest absolute Gasteiger partial charge is 0.145 e. The van der Waals surface area contributed by atoms with E-state index in [4.69, 9.17) is 17.4 Å². The molecule has 0 aliphatic carbocycles. The highest BCUT2D eigenvalue weighted by Gasteiger charge is 2.14. The Hall–Kier alpha value is -1.49. The Morgan fingerprint density at radius 3 is 2.71 bits per heavy atom. The molecule has 0 fully saturated rings. The van der Waals surface area contributed by atoms with E-state index < -0.39 is 0 Å². The fraction of sp³-hybridized carbons (Fsp3) is 0.312. The number of pyridine rings is 1. The maximum absolute atomic E-state index is 13.9.